The van der Waals surface area contributed by atoms with Crippen molar-refractivity contribution in [1.29, 1.82) is 0 Å². The van der Waals surface area contributed by atoms with Gasteiger partial charge in [0.25, 0.3) is 0 Å². The zero-order valence-corrected chi connectivity index (χ0v) is 9.25. The van der Waals surface area contributed by atoms with Gasteiger partial charge in [-0.15, -0.1) is 0 Å². The first-order chi connectivity index (χ1) is 7.36. The van der Waals surface area contributed by atoms with Gasteiger partial charge in [-0.05, 0) is 24.1 Å². The summed E-state index contributed by atoms with van der Waals surface area (Å²) < 4.78 is 36.9. The van der Waals surface area contributed by atoms with Crippen LogP contribution in [0.4, 0.5) is 13.2 Å². The number of hydrogen-bond acceptors (Lipinski definition) is 1. The third-order valence-electron chi connectivity index (χ3n) is 2.76. The Morgan fingerprint density at radius 2 is 1.69 bits per heavy atom. The van der Waals surface area contributed by atoms with E-state index < -0.39 is 17.8 Å². The molecular formula is C12H15F3O. The molecule has 16 heavy (non-hydrogen) atoms. The molecule has 0 radical (unpaired) electrons. The number of alkyl halides is 3. The maximum Gasteiger partial charge on any atom is 0.416 e. The van der Waals surface area contributed by atoms with E-state index in [0.717, 1.165) is 17.7 Å². The fourth-order valence-corrected chi connectivity index (χ4v) is 1.55. The lowest BCUT2D eigenvalue weighted by atomic mass is 9.93. The van der Waals surface area contributed by atoms with Gasteiger partial charge in [0, 0.05) is 5.92 Å². The van der Waals surface area contributed by atoms with Gasteiger partial charge in [-0.3, -0.25) is 0 Å². The van der Waals surface area contributed by atoms with Gasteiger partial charge >= 0.3 is 6.18 Å². The molecule has 0 heterocycles. The van der Waals surface area contributed by atoms with Gasteiger partial charge in [-0.25, -0.2) is 0 Å². The van der Waals surface area contributed by atoms with E-state index in [0.29, 0.717) is 6.42 Å². The molecule has 1 nitrogen and oxygen atoms in total. The second-order valence-electron chi connectivity index (χ2n) is 3.88. The number of benzene rings is 1. The summed E-state index contributed by atoms with van der Waals surface area (Å²) in [7, 11) is 0. The molecule has 0 aliphatic carbocycles. The SMILES string of the molecule is CCC(O)C(C)c1ccc(C(F)(F)F)cc1. The smallest absolute Gasteiger partial charge is 0.393 e. The quantitative estimate of drug-likeness (QED) is 0.844. The summed E-state index contributed by atoms with van der Waals surface area (Å²) in [5.74, 6) is -0.146. The van der Waals surface area contributed by atoms with Gasteiger partial charge in [0.2, 0.25) is 0 Å². The number of rotatable bonds is 3. The molecule has 1 aromatic carbocycles. The molecule has 0 amide bonds. The van der Waals surface area contributed by atoms with Crippen LogP contribution in [-0.4, -0.2) is 11.2 Å². The van der Waals surface area contributed by atoms with Crippen molar-refractivity contribution in [2.24, 2.45) is 0 Å². The topological polar surface area (TPSA) is 20.2 Å². The van der Waals surface area contributed by atoms with Gasteiger partial charge in [-0.2, -0.15) is 13.2 Å². The molecule has 90 valence electrons. The third kappa shape index (κ3) is 2.98. The van der Waals surface area contributed by atoms with Gasteiger partial charge < -0.3 is 5.11 Å². The van der Waals surface area contributed by atoms with Crippen molar-refractivity contribution in [2.75, 3.05) is 0 Å². The van der Waals surface area contributed by atoms with E-state index in [4.69, 9.17) is 0 Å². The minimum Gasteiger partial charge on any atom is -0.393 e. The van der Waals surface area contributed by atoms with E-state index in [2.05, 4.69) is 0 Å². The summed E-state index contributed by atoms with van der Waals surface area (Å²) in [6.45, 7) is 3.64. The lowest BCUT2D eigenvalue weighted by Crippen LogP contribution is -2.14. The normalized spacial score (nSPS) is 15.9. The predicted molar refractivity (Wildman–Crippen MR) is 56.2 cm³/mol. The van der Waals surface area contributed by atoms with Crippen LogP contribution in [0.25, 0.3) is 0 Å². The van der Waals surface area contributed by atoms with Crippen LogP contribution in [0.15, 0.2) is 24.3 Å². The lowest BCUT2D eigenvalue weighted by molar-refractivity contribution is -0.137. The summed E-state index contributed by atoms with van der Waals surface area (Å²) in [4.78, 5) is 0. The predicted octanol–water partition coefficient (Wildman–Crippen LogP) is 3.58. The summed E-state index contributed by atoms with van der Waals surface area (Å²) >= 11 is 0. The molecule has 2 atom stereocenters. The Balaban J connectivity index is 2.87. The van der Waals surface area contributed by atoms with E-state index in [1.54, 1.807) is 6.92 Å². The number of aliphatic hydroxyl groups is 1. The summed E-state index contributed by atoms with van der Waals surface area (Å²) in [5, 5.41) is 9.59. The molecule has 0 aliphatic rings. The monoisotopic (exact) mass is 232 g/mol. The Morgan fingerprint density at radius 3 is 2.06 bits per heavy atom. The molecule has 0 aliphatic heterocycles. The van der Waals surface area contributed by atoms with Crippen LogP contribution in [0.1, 0.15) is 37.3 Å². The van der Waals surface area contributed by atoms with Crippen LogP contribution in [0.2, 0.25) is 0 Å². The third-order valence-corrected chi connectivity index (χ3v) is 2.76. The standard InChI is InChI=1S/C12H15F3O/c1-3-11(16)8(2)9-4-6-10(7-5-9)12(13,14)15/h4-8,11,16H,3H2,1-2H3. The van der Waals surface area contributed by atoms with Crippen molar-refractivity contribution < 1.29 is 18.3 Å². The highest BCUT2D eigenvalue weighted by Gasteiger charge is 2.30. The van der Waals surface area contributed by atoms with Crippen LogP contribution >= 0.6 is 0 Å². The minimum absolute atomic E-state index is 0.146. The van der Waals surface area contributed by atoms with Crippen LogP contribution in [0, 0.1) is 0 Å². The summed E-state index contributed by atoms with van der Waals surface area (Å²) in [6.07, 6.45) is -4.23. The highest BCUT2D eigenvalue weighted by Crippen LogP contribution is 2.30. The molecule has 2 unspecified atom stereocenters. The molecule has 0 saturated heterocycles. The highest BCUT2D eigenvalue weighted by molar-refractivity contribution is 5.27. The fourth-order valence-electron chi connectivity index (χ4n) is 1.55. The number of halogens is 3. The van der Waals surface area contributed by atoms with Crippen molar-refractivity contribution >= 4 is 0 Å². The molecule has 0 aromatic heterocycles. The second-order valence-corrected chi connectivity index (χ2v) is 3.88. The van der Waals surface area contributed by atoms with Gasteiger partial charge in [0.1, 0.15) is 0 Å². The zero-order valence-electron chi connectivity index (χ0n) is 9.25. The Bertz CT molecular complexity index is 329. The lowest BCUT2D eigenvalue weighted by Gasteiger charge is -2.18. The van der Waals surface area contributed by atoms with Crippen molar-refractivity contribution in [1.82, 2.24) is 0 Å². The Kier molecular flexibility index (Phi) is 3.97. The molecule has 1 N–H and O–H groups in total. The van der Waals surface area contributed by atoms with E-state index in [1.165, 1.54) is 12.1 Å². The Labute approximate surface area is 92.9 Å². The van der Waals surface area contributed by atoms with Crippen molar-refractivity contribution in [3.8, 4) is 0 Å². The molecule has 1 aromatic rings. The molecule has 0 bridgehead atoms. The average molecular weight is 232 g/mol. The first-order valence-corrected chi connectivity index (χ1v) is 5.21. The first-order valence-electron chi connectivity index (χ1n) is 5.21. The highest BCUT2D eigenvalue weighted by atomic mass is 19.4. The van der Waals surface area contributed by atoms with Crippen molar-refractivity contribution in [2.45, 2.75) is 38.5 Å². The Hall–Kier alpha value is -1.03. The second kappa shape index (κ2) is 4.87. The zero-order chi connectivity index (χ0) is 12.3. The van der Waals surface area contributed by atoms with E-state index in [1.807, 2.05) is 6.92 Å². The average Bonchev–Trinajstić information content (AvgIpc) is 2.26. The van der Waals surface area contributed by atoms with Crippen LogP contribution in [0.3, 0.4) is 0 Å². The molecule has 1 rings (SSSR count). The Morgan fingerprint density at radius 1 is 1.19 bits per heavy atom. The molecule has 4 heteroatoms. The maximum absolute atomic E-state index is 12.3. The number of aliphatic hydroxyl groups excluding tert-OH is 1. The number of hydrogen-bond donors (Lipinski definition) is 1. The van der Waals surface area contributed by atoms with Crippen molar-refractivity contribution in [3.05, 3.63) is 35.4 Å². The van der Waals surface area contributed by atoms with Crippen LogP contribution in [0.5, 0.6) is 0 Å². The van der Waals surface area contributed by atoms with Gasteiger partial charge in [0.15, 0.2) is 0 Å². The molecule has 0 fully saturated rings. The van der Waals surface area contributed by atoms with Gasteiger partial charge in [-0.1, -0.05) is 26.0 Å². The summed E-state index contributed by atoms with van der Waals surface area (Å²) in [6, 6.07) is 4.95. The summed E-state index contributed by atoms with van der Waals surface area (Å²) in [5.41, 5.74) is 0.0665. The maximum atomic E-state index is 12.3. The molecular weight excluding hydrogens is 217 g/mol. The molecule has 0 saturated carbocycles. The first kappa shape index (κ1) is 13.0. The minimum atomic E-state index is -4.30. The largest absolute Gasteiger partial charge is 0.416 e. The van der Waals surface area contributed by atoms with Crippen LogP contribution < -0.4 is 0 Å². The molecule has 0 spiro atoms. The fraction of sp³-hybridized carbons (Fsp3) is 0.500. The van der Waals surface area contributed by atoms with E-state index in [-0.39, 0.29) is 5.92 Å². The van der Waals surface area contributed by atoms with E-state index in [9.17, 15) is 18.3 Å². The van der Waals surface area contributed by atoms with Gasteiger partial charge in [0.05, 0.1) is 11.7 Å². The van der Waals surface area contributed by atoms with E-state index >= 15 is 0 Å². The van der Waals surface area contributed by atoms with Crippen LogP contribution in [-0.2, 0) is 6.18 Å². The van der Waals surface area contributed by atoms with Crippen molar-refractivity contribution in [3.63, 3.8) is 0 Å².